The molecule has 11 rings (SSSR count). The van der Waals surface area contributed by atoms with Gasteiger partial charge in [0.25, 0.3) is 0 Å². The van der Waals surface area contributed by atoms with Crippen LogP contribution in [0.1, 0.15) is 47.7 Å². The van der Waals surface area contributed by atoms with Crippen LogP contribution in [0.3, 0.4) is 0 Å². The first-order valence-electron chi connectivity index (χ1n) is 20.4. The minimum absolute atomic E-state index is 0.140. The SMILES string of the molecule is C1=CC(c2nc3c(nc4ccccn43)c3ccccc23)CC=C1c1cccc(-c2nc(C3=CC=C(c4ccccc4)CC3)cc(-c3ccc(-c4ccccc4)cc3)n2)c1. The second-order valence-corrected chi connectivity index (χ2v) is 15.4. The fraction of sp³-hybridized carbons (Fsp3) is 0.0741. The summed E-state index contributed by atoms with van der Waals surface area (Å²) in [5.41, 5.74) is 16.3. The topological polar surface area (TPSA) is 56.0 Å². The number of fused-ring (bicyclic) bond motifs is 5. The molecule has 5 heteroatoms. The summed E-state index contributed by atoms with van der Waals surface area (Å²) in [7, 11) is 0. The van der Waals surface area contributed by atoms with Crippen molar-refractivity contribution in [3.05, 3.63) is 217 Å². The van der Waals surface area contributed by atoms with E-state index >= 15 is 0 Å². The van der Waals surface area contributed by atoms with Gasteiger partial charge < -0.3 is 0 Å². The van der Waals surface area contributed by atoms with Crippen LogP contribution < -0.4 is 0 Å². The number of rotatable bonds is 7. The summed E-state index contributed by atoms with van der Waals surface area (Å²) in [5, 5.41) is 2.29. The van der Waals surface area contributed by atoms with Crippen LogP contribution in [0.15, 0.2) is 194 Å². The minimum Gasteiger partial charge on any atom is -0.284 e. The average Bonchev–Trinajstić information content (AvgIpc) is 3.71. The van der Waals surface area contributed by atoms with E-state index in [2.05, 4.69) is 174 Å². The monoisotopic (exact) mass is 757 g/mol. The maximum absolute atomic E-state index is 5.28. The number of hydrogen-bond donors (Lipinski definition) is 0. The van der Waals surface area contributed by atoms with Gasteiger partial charge in [-0.2, -0.15) is 0 Å². The molecule has 5 aromatic carbocycles. The Labute approximate surface area is 343 Å². The molecule has 2 aliphatic rings. The molecule has 1 unspecified atom stereocenters. The van der Waals surface area contributed by atoms with Crippen LogP contribution in [0.5, 0.6) is 0 Å². The molecule has 0 amide bonds. The van der Waals surface area contributed by atoms with Gasteiger partial charge in [0.2, 0.25) is 0 Å². The fourth-order valence-corrected chi connectivity index (χ4v) is 8.61. The third-order valence-corrected chi connectivity index (χ3v) is 11.7. The van der Waals surface area contributed by atoms with Crippen molar-refractivity contribution in [1.82, 2.24) is 24.3 Å². The average molecular weight is 758 g/mol. The molecule has 9 aromatic rings. The molecule has 0 aliphatic heterocycles. The molecule has 280 valence electrons. The summed E-state index contributed by atoms with van der Waals surface area (Å²) in [5.74, 6) is 0.863. The van der Waals surface area contributed by atoms with Gasteiger partial charge in [0.1, 0.15) is 11.2 Å². The van der Waals surface area contributed by atoms with Gasteiger partial charge in [0.15, 0.2) is 11.5 Å². The van der Waals surface area contributed by atoms with Gasteiger partial charge in [-0.05, 0) is 82.5 Å². The number of imidazole rings is 1. The van der Waals surface area contributed by atoms with Crippen LogP contribution >= 0.6 is 0 Å². The number of pyridine rings is 2. The fourth-order valence-electron chi connectivity index (χ4n) is 8.61. The van der Waals surface area contributed by atoms with E-state index in [1.807, 2.05) is 24.4 Å². The van der Waals surface area contributed by atoms with Gasteiger partial charge >= 0.3 is 0 Å². The van der Waals surface area contributed by atoms with E-state index in [0.29, 0.717) is 0 Å². The highest BCUT2D eigenvalue weighted by molar-refractivity contribution is 6.05. The molecular weight excluding hydrogens is 719 g/mol. The first kappa shape index (κ1) is 34.7. The molecule has 5 nitrogen and oxygen atoms in total. The maximum atomic E-state index is 5.28. The Bertz CT molecular complexity index is 3170. The third kappa shape index (κ3) is 6.57. The lowest BCUT2D eigenvalue weighted by molar-refractivity contribution is 0.831. The van der Waals surface area contributed by atoms with Crippen LogP contribution in [-0.4, -0.2) is 24.3 Å². The molecule has 0 radical (unpaired) electrons. The van der Waals surface area contributed by atoms with Crippen molar-refractivity contribution in [3.8, 4) is 33.8 Å². The highest BCUT2D eigenvalue weighted by Gasteiger charge is 2.21. The van der Waals surface area contributed by atoms with Crippen molar-refractivity contribution in [2.24, 2.45) is 0 Å². The summed E-state index contributed by atoms with van der Waals surface area (Å²) in [4.78, 5) is 20.7. The van der Waals surface area contributed by atoms with Crippen LogP contribution in [0.4, 0.5) is 0 Å². The van der Waals surface area contributed by atoms with Gasteiger partial charge in [0, 0.05) is 34.0 Å². The highest BCUT2D eigenvalue weighted by Crippen LogP contribution is 2.38. The molecule has 0 N–H and O–H groups in total. The van der Waals surface area contributed by atoms with E-state index in [9.17, 15) is 0 Å². The van der Waals surface area contributed by atoms with Crippen molar-refractivity contribution in [2.75, 3.05) is 0 Å². The molecule has 4 heterocycles. The Hall–Kier alpha value is -7.50. The molecule has 4 aromatic heterocycles. The Balaban J connectivity index is 0.936. The van der Waals surface area contributed by atoms with E-state index in [-0.39, 0.29) is 5.92 Å². The maximum Gasteiger partial charge on any atom is 0.165 e. The Morgan fingerprint density at radius 2 is 1.15 bits per heavy atom. The number of allylic oxidation sites excluding steroid dienone is 8. The first-order valence-corrected chi connectivity index (χ1v) is 20.4. The third-order valence-electron chi connectivity index (χ3n) is 11.7. The predicted molar refractivity (Wildman–Crippen MR) is 242 cm³/mol. The lowest BCUT2D eigenvalue weighted by atomic mass is 9.88. The summed E-state index contributed by atoms with van der Waals surface area (Å²) in [6.45, 7) is 0. The summed E-state index contributed by atoms with van der Waals surface area (Å²) in [6.07, 6.45) is 16.2. The van der Waals surface area contributed by atoms with Gasteiger partial charge in [-0.25, -0.2) is 19.9 Å². The predicted octanol–water partition coefficient (Wildman–Crippen LogP) is 13.2. The quantitative estimate of drug-likeness (QED) is 0.162. The molecule has 1 atom stereocenters. The van der Waals surface area contributed by atoms with Crippen molar-refractivity contribution in [1.29, 1.82) is 0 Å². The van der Waals surface area contributed by atoms with E-state index < -0.39 is 0 Å². The van der Waals surface area contributed by atoms with Gasteiger partial charge in [-0.1, -0.05) is 164 Å². The van der Waals surface area contributed by atoms with Crippen LogP contribution in [-0.2, 0) is 0 Å². The van der Waals surface area contributed by atoms with Crippen molar-refractivity contribution >= 4 is 44.3 Å². The van der Waals surface area contributed by atoms with Gasteiger partial charge in [-0.15, -0.1) is 0 Å². The van der Waals surface area contributed by atoms with E-state index in [4.69, 9.17) is 19.9 Å². The van der Waals surface area contributed by atoms with E-state index in [1.54, 1.807) is 0 Å². The zero-order valence-electron chi connectivity index (χ0n) is 32.4. The molecule has 0 bridgehead atoms. The molecule has 59 heavy (non-hydrogen) atoms. The Kier molecular flexibility index (Phi) is 8.70. The number of aromatic nitrogens is 5. The second-order valence-electron chi connectivity index (χ2n) is 15.4. The summed E-state index contributed by atoms with van der Waals surface area (Å²) < 4.78 is 2.09. The first-order chi connectivity index (χ1) is 29.2. The van der Waals surface area contributed by atoms with Crippen molar-refractivity contribution < 1.29 is 0 Å². The molecule has 0 saturated heterocycles. The minimum atomic E-state index is 0.140. The summed E-state index contributed by atoms with van der Waals surface area (Å²) in [6, 6.07) is 55.4. The van der Waals surface area contributed by atoms with Crippen LogP contribution in [0.25, 0.3) is 78.1 Å². The Morgan fingerprint density at radius 1 is 0.492 bits per heavy atom. The lowest BCUT2D eigenvalue weighted by Crippen LogP contribution is -2.04. The molecule has 0 fully saturated rings. The molecule has 0 spiro atoms. The standard InChI is InChI=1S/C54H39N5/c1-3-12-36(13-4-1)38-21-27-41(28-22-38)48-35-49(42-29-23-39(24-30-42)37-14-5-2-6-15-37)56-53(55-48)45-17-11-16-44(34-45)40-25-31-43(32-26-40)51-46-18-7-8-19-47(46)52-54(58-51)59-33-10-9-20-50(59)57-52/h1-23,25-29,31,33-35,43H,24,30,32H2. The number of nitrogens with zero attached hydrogens (tertiary/aromatic N) is 5. The lowest BCUT2D eigenvalue weighted by Gasteiger charge is -2.19. The molecule has 2 aliphatic carbocycles. The van der Waals surface area contributed by atoms with Crippen molar-refractivity contribution in [3.63, 3.8) is 0 Å². The molecular formula is C54H39N5. The zero-order chi connectivity index (χ0) is 39.1. The summed E-state index contributed by atoms with van der Waals surface area (Å²) >= 11 is 0. The molecule has 0 saturated carbocycles. The second kappa shape index (κ2) is 14.8. The van der Waals surface area contributed by atoms with Crippen LogP contribution in [0.2, 0.25) is 0 Å². The van der Waals surface area contributed by atoms with Crippen molar-refractivity contribution in [2.45, 2.75) is 25.2 Å². The largest absolute Gasteiger partial charge is 0.284 e. The van der Waals surface area contributed by atoms with Crippen LogP contribution in [0, 0.1) is 0 Å². The number of benzene rings is 5. The van der Waals surface area contributed by atoms with E-state index in [1.165, 1.54) is 33.4 Å². The normalized spacial score (nSPS) is 15.3. The highest BCUT2D eigenvalue weighted by atomic mass is 15.1. The van der Waals surface area contributed by atoms with E-state index in [0.717, 1.165) is 86.4 Å². The zero-order valence-corrected chi connectivity index (χ0v) is 32.4. The number of hydrogen-bond acceptors (Lipinski definition) is 4. The smallest absolute Gasteiger partial charge is 0.165 e. The van der Waals surface area contributed by atoms with Gasteiger partial charge in [0.05, 0.1) is 17.1 Å². The Morgan fingerprint density at radius 3 is 1.93 bits per heavy atom. The van der Waals surface area contributed by atoms with Gasteiger partial charge in [-0.3, -0.25) is 4.40 Å².